The van der Waals surface area contributed by atoms with E-state index in [-0.39, 0.29) is 42.5 Å². The molecule has 8 rings (SSSR count). The number of nitrogens with zero attached hydrogens (tertiary/aromatic N) is 5. The number of H-pyrrole nitrogens is 1. The first kappa shape index (κ1) is 47.0. The van der Waals surface area contributed by atoms with Crippen molar-refractivity contribution >= 4 is 68.5 Å². The first-order valence-corrected chi connectivity index (χ1v) is 22.9. The van der Waals surface area contributed by atoms with Gasteiger partial charge in [-0.05, 0) is 86.1 Å². The SMILES string of the molecule is CCN(C)S(=O)(=O)Nc1ccc(F)c(C(=O)c2c[nH]c3ncc(-c4ccc(N5CCC(NC(=O)N6CCC(c7ccc(NC8CCC(=O)NC8=O)cc7)CC6)CC5)nc4)cc23)c1F.O=CO. The van der Waals surface area contributed by atoms with Gasteiger partial charge in [-0.15, -0.1) is 0 Å². The summed E-state index contributed by atoms with van der Waals surface area (Å²) in [4.78, 5) is 74.9. The number of likely N-dealkylation sites (tertiary alicyclic amines) is 1. The number of hydrogen-bond acceptors (Lipinski definition) is 11. The van der Waals surface area contributed by atoms with Crippen molar-refractivity contribution in [3.63, 3.8) is 0 Å². The number of nitrogens with one attached hydrogen (secondary N) is 5. The summed E-state index contributed by atoms with van der Waals surface area (Å²) >= 11 is 0. The minimum atomic E-state index is -4.15. The van der Waals surface area contributed by atoms with Gasteiger partial charge in [-0.25, -0.2) is 23.5 Å². The van der Waals surface area contributed by atoms with Gasteiger partial charge >= 0.3 is 16.2 Å². The summed E-state index contributed by atoms with van der Waals surface area (Å²) in [6.07, 6.45) is 8.59. The van der Waals surface area contributed by atoms with E-state index in [4.69, 9.17) is 14.9 Å². The Bertz CT molecular complexity index is 2700. The van der Waals surface area contributed by atoms with Crippen LogP contribution in [0.5, 0.6) is 0 Å². The highest BCUT2D eigenvalue weighted by atomic mass is 32.2. The Morgan fingerprint density at radius 3 is 2.29 bits per heavy atom. The number of imide groups is 1. The number of pyridine rings is 2. The van der Waals surface area contributed by atoms with Crippen molar-refractivity contribution in [1.82, 2.24) is 34.8 Å². The van der Waals surface area contributed by atoms with Crippen LogP contribution in [-0.2, 0) is 24.6 Å². The number of piperidine rings is 3. The molecule has 3 saturated heterocycles. The monoisotopic (exact) mass is 928 g/mol. The normalized spacial score (nSPS) is 17.2. The molecular formula is C45H50F2N10O8S. The van der Waals surface area contributed by atoms with Crippen molar-refractivity contribution in [3.05, 3.63) is 102 Å². The van der Waals surface area contributed by atoms with Crippen LogP contribution < -0.4 is 25.6 Å². The lowest BCUT2D eigenvalue weighted by Gasteiger charge is -2.36. The molecule has 0 saturated carbocycles. The van der Waals surface area contributed by atoms with Gasteiger partial charge < -0.3 is 30.5 Å². The Morgan fingerprint density at radius 2 is 1.64 bits per heavy atom. The van der Waals surface area contributed by atoms with E-state index in [0.717, 1.165) is 53.6 Å². The molecule has 0 radical (unpaired) electrons. The maximum atomic E-state index is 15.6. The lowest BCUT2D eigenvalue weighted by atomic mass is 9.89. The fraction of sp³-hybridized carbons (Fsp3) is 0.356. The number of carboxylic acid groups (broad SMARTS) is 1. The molecular weight excluding hydrogens is 879 g/mol. The first-order valence-electron chi connectivity index (χ1n) is 21.5. The van der Waals surface area contributed by atoms with Crippen molar-refractivity contribution in [3.8, 4) is 11.1 Å². The Hall–Kier alpha value is -7.00. The van der Waals surface area contributed by atoms with Gasteiger partial charge in [0.05, 0.1) is 11.3 Å². The van der Waals surface area contributed by atoms with Crippen LogP contribution in [0.25, 0.3) is 22.2 Å². The third kappa shape index (κ3) is 10.6. The topological polar surface area (TPSA) is 239 Å². The third-order valence-electron chi connectivity index (χ3n) is 12.2. The summed E-state index contributed by atoms with van der Waals surface area (Å²) in [5.41, 5.74) is 2.14. The zero-order chi connectivity index (χ0) is 47.1. The highest BCUT2D eigenvalue weighted by Gasteiger charge is 2.30. The number of rotatable bonds is 12. The summed E-state index contributed by atoms with van der Waals surface area (Å²) in [6, 6.07) is 14.8. The van der Waals surface area contributed by atoms with E-state index in [9.17, 15) is 27.6 Å². The Kier molecular flexibility index (Phi) is 14.6. The molecule has 0 spiro atoms. The molecule has 2 aromatic carbocycles. The summed E-state index contributed by atoms with van der Waals surface area (Å²) in [5, 5.41) is 16.0. The molecule has 3 fully saturated rings. The Morgan fingerprint density at radius 1 is 0.939 bits per heavy atom. The molecule has 3 aromatic heterocycles. The number of aromatic nitrogens is 3. The maximum absolute atomic E-state index is 15.6. The number of carbonyl (C=O) groups excluding carboxylic acids is 4. The number of fused-ring (bicyclic) bond motifs is 1. The van der Waals surface area contributed by atoms with Crippen LogP contribution in [0.2, 0.25) is 0 Å². The predicted molar refractivity (Wildman–Crippen MR) is 242 cm³/mol. The molecule has 3 aliphatic rings. The summed E-state index contributed by atoms with van der Waals surface area (Å²) in [5.74, 6) is -2.92. The minimum absolute atomic E-state index is 0.0303. The Balaban J connectivity index is 0.00000210. The molecule has 5 aromatic rings. The van der Waals surface area contributed by atoms with Gasteiger partial charge in [-0.2, -0.15) is 12.7 Å². The highest BCUT2D eigenvalue weighted by Crippen LogP contribution is 2.32. The zero-order valence-corrected chi connectivity index (χ0v) is 37.0. The average molecular weight is 929 g/mol. The van der Waals surface area contributed by atoms with Crippen LogP contribution >= 0.6 is 0 Å². The number of aromatic amines is 1. The number of hydrogen-bond donors (Lipinski definition) is 6. The number of amides is 4. The lowest BCUT2D eigenvalue weighted by Crippen LogP contribution is -2.51. The van der Waals surface area contributed by atoms with E-state index in [2.05, 4.69) is 47.7 Å². The number of benzene rings is 2. The quantitative estimate of drug-likeness (QED) is 0.0537. The number of carbonyl (C=O) groups is 5. The van der Waals surface area contributed by atoms with Crippen molar-refractivity contribution in [2.75, 3.05) is 54.7 Å². The van der Waals surface area contributed by atoms with Crippen LogP contribution in [0.4, 0.5) is 30.8 Å². The summed E-state index contributed by atoms with van der Waals surface area (Å²) in [6.45, 7) is 4.14. The average Bonchev–Trinajstić information content (AvgIpc) is 3.75. The fourth-order valence-electron chi connectivity index (χ4n) is 8.27. The standard InChI is InChI=1S/C44H48F2N10O6S.CH2O2/c1-3-54(2)63(61,62)53-35-10-9-34(45)39(40(35)46)41(58)33-25-49-42-32(33)22-29(24-48-42)28-6-12-37(47-23-28)55-20-16-31(17-21-55)51-44(60)56-18-14-27(15-19-56)26-4-7-30(8-5-26)50-36-11-13-38(57)52-43(36)59;2-1-3/h4-10,12,22-25,27,31,36,50,53H,3,11,13-21H2,1-2H3,(H,48,49)(H,51,60)(H,52,57,59);1H,(H,2,3). The molecule has 0 aliphatic carbocycles. The summed E-state index contributed by atoms with van der Waals surface area (Å²) < 4.78 is 58.8. The van der Waals surface area contributed by atoms with Gasteiger partial charge in [0.2, 0.25) is 17.6 Å². The van der Waals surface area contributed by atoms with E-state index < -0.39 is 44.9 Å². The van der Waals surface area contributed by atoms with Gasteiger partial charge in [-0.1, -0.05) is 19.1 Å². The molecule has 6 N–H and O–H groups in total. The van der Waals surface area contributed by atoms with Crippen LogP contribution in [0.3, 0.4) is 0 Å². The minimum Gasteiger partial charge on any atom is -0.483 e. The van der Waals surface area contributed by atoms with Gasteiger partial charge in [0.1, 0.15) is 23.3 Å². The second-order valence-corrected chi connectivity index (χ2v) is 18.0. The van der Waals surface area contributed by atoms with Crippen LogP contribution in [-0.4, -0.2) is 120 Å². The van der Waals surface area contributed by atoms with Crippen LogP contribution in [0.1, 0.15) is 72.9 Å². The zero-order valence-electron chi connectivity index (χ0n) is 36.2. The van der Waals surface area contributed by atoms with Crippen LogP contribution in [0, 0.1) is 11.6 Å². The van der Waals surface area contributed by atoms with E-state index in [1.807, 2.05) is 29.2 Å². The molecule has 3 aliphatic heterocycles. The van der Waals surface area contributed by atoms with E-state index in [1.54, 1.807) is 25.4 Å². The number of ketones is 1. The Labute approximate surface area is 379 Å². The van der Waals surface area contributed by atoms with Gasteiger partial charge in [0.15, 0.2) is 5.82 Å². The molecule has 1 unspecified atom stereocenters. The highest BCUT2D eigenvalue weighted by molar-refractivity contribution is 7.90. The molecule has 18 nitrogen and oxygen atoms in total. The molecule has 1 atom stereocenters. The second kappa shape index (κ2) is 20.4. The number of halogens is 2. The number of anilines is 3. The van der Waals surface area contributed by atoms with Crippen LogP contribution in [0.15, 0.2) is 73.2 Å². The first-order chi connectivity index (χ1) is 31.7. The van der Waals surface area contributed by atoms with Gasteiger partial charge in [-0.3, -0.25) is 29.2 Å². The smallest absolute Gasteiger partial charge is 0.317 e. The van der Waals surface area contributed by atoms with Crippen molar-refractivity contribution < 1.29 is 46.3 Å². The molecule has 6 heterocycles. The molecule has 66 heavy (non-hydrogen) atoms. The van der Waals surface area contributed by atoms with Gasteiger partial charge in [0.25, 0.3) is 6.47 Å². The second-order valence-electron chi connectivity index (χ2n) is 16.2. The van der Waals surface area contributed by atoms with Gasteiger partial charge in [0, 0.05) is 98.6 Å². The van der Waals surface area contributed by atoms with Crippen molar-refractivity contribution in [1.29, 1.82) is 0 Å². The fourth-order valence-corrected chi connectivity index (χ4v) is 9.20. The van der Waals surface area contributed by atoms with E-state index in [0.29, 0.717) is 67.1 Å². The number of urea groups is 1. The molecule has 21 heteroatoms. The van der Waals surface area contributed by atoms with Crippen molar-refractivity contribution in [2.45, 2.75) is 63.5 Å². The molecule has 4 amide bonds. The lowest BCUT2D eigenvalue weighted by molar-refractivity contribution is -0.133. The predicted octanol–water partition coefficient (Wildman–Crippen LogP) is 5.22. The maximum Gasteiger partial charge on any atom is 0.317 e. The third-order valence-corrected chi connectivity index (χ3v) is 13.7. The van der Waals surface area contributed by atoms with E-state index >= 15 is 8.78 Å². The van der Waals surface area contributed by atoms with Crippen molar-refractivity contribution in [2.24, 2.45) is 0 Å². The molecule has 348 valence electrons. The largest absolute Gasteiger partial charge is 0.483 e. The molecule has 0 bridgehead atoms. The van der Waals surface area contributed by atoms with E-state index in [1.165, 1.54) is 18.8 Å². The summed E-state index contributed by atoms with van der Waals surface area (Å²) in [7, 11) is -2.85.